The summed E-state index contributed by atoms with van der Waals surface area (Å²) < 4.78 is 17.5. The summed E-state index contributed by atoms with van der Waals surface area (Å²) in [5.41, 5.74) is 1.17. The fraction of sp³-hybridized carbons (Fsp3) is 0.136. The molecule has 0 aromatic heterocycles. The summed E-state index contributed by atoms with van der Waals surface area (Å²) in [5.74, 6) is 2.41. The van der Waals surface area contributed by atoms with Crippen molar-refractivity contribution in [3.8, 4) is 23.0 Å². The highest BCUT2D eigenvalue weighted by Gasteiger charge is 2.15. The largest absolute Gasteiger partial charge is 0.492 e. The van der Waals surface area contributed by atoms with Crippen molar-refractivity contribution in [3.63, 3.8) is 0 Å². The number of carbonyl (C=O) groups excluding carboxylic acids is 1. The first-order valence-corrected chi connectivity index (χ1v) is 9.83. The molecule has 0 atom stereocenters. The molecule has 0 aliphatic carbocycles. The summed E-state index contributed by atoms with van der Waals surface area (Å²) in [5, 5.41) is 2.89. The van der Waals surface area contributed by atoms with Crippen molar-refractivity contribution in [2.45, 2.75) is 6.92 Å². The molecule has 0 aliphatic heterocycles. The number of hydrogen-bond donors (Lipinski definition) is 1. The maximum Gasteiger partial charge on any atom is 0.255 e. The van der Waals surface area contributed by atoms with Gasteiger partial charge in [0.15, 0.2) is 11.5 Å². The van der Waals surface area contributed by atoms with E-state index < -0.39 is 0 Å². The average molecular weight is 489 g/mol. The molecule has 0 radical (unpaired) electrons. The molecule has 1 amide bonds. The molecule has 0 saturated heterocycles. The quantitative estimate of drug-likeness (QED) is 0.430. The third-order valence-corrected chi connectivity index (χ3v) is 4.67. The fourth-order valence-electron chi connectivity index (χ4n) is 2.59. The zero-order chi connectivity index (χ0) is 19.9. The molecule has 0 unspecified atom stereocenters. The molecule has 6 heteroatoms. The van der Waals surface area contributed by atoms with Gasteiger partial charge in [0.1, 0.15) is 11.5 Å². The maximum atomic E-state index is 12.7. The van der Waals surface area contributed by atoms with Gasteiger partial charge in [-0.3, -0.25) is 4.79 Å². The van der Waals surface area contributed by atoms with Gasteiger partial charge >= 0.3 is 0 Å². The first-order valence-electron chi connectivity index (χ1n) is 8.75. The molecular weight excluding hydrogens is 469 g/mol. The minimum atomic E-state index is -0.224. The Bertz CT molecular complexity index is 943. The predicted molar refractivity (Wildman–Crippen MR) is 118 cm³/mol. The Balaban J connectivity index is 1.72. The van der Waals surface area contributed by atoms with E-state index in [-0.39, 0.29) is 5.91 Å². The van der Waals surface area contributed by atoms with Gasteiger partial charge in [-0.15, -0.1) is 0 Å². The normalized spacial score (nSPS) is 10.2. The summed E-state index contributed by atoms with van der Waals surface area (Å²) >= 11 is 2.13. The van der Waals surface area contributed by atoms with Crippen LogP contribution in [-0.2, 0) is 0 Å². The van der Waals surface area contributed by atoms with Gasteiger partial charge in [0.25, 0.3) is 5.91 Å². The van der Waals surface area contributed by atoms with Crippen LogP contribution in [0.25, 0.3) is 0 Å². The molecule has 0 spiro atoms. The van der Waals surface area contributed by atoms with Gasteiger partial charge in [0.2, 0.25) is 0 Å². The van der Waals surface area contributed by atoms with Crippen molar-refractivity contribution in [1.82, 2.24) is 0 Å². The number of halogens is 1. The van der Waals surface area contributed by atoms with Crippen molar-refractivity contribution >= 4 is 34.2 Å². The number of carbonyl (C=O) groups is 1. The van der Waals surface area contributed by atoms with Crippen LogP contribution in [0.1, 0.15) is 17.3 Å². The predicted octanol–water partition coefficient (Wildman–Crippen LogP) is 5.74. The molecule has 0 heterocycles. The average Bonchev–Trinajstić information content (AvgIpc) is 2.70. The summed E-state index contributed by atoms with van der Waals surface area (Å²) in [6.45, 7) is 2.37. The second kappa shape index (κ2) is 9.45. The van der Waals surface area contributed by atoms with Crippen molar-refractivity contribution < 1.29 is 19.0 Å². The first-order chi connectivity index (χ1) is 13.6. The lowest BCUT2D eigenvalue weighted by Crippen LogP contribution is -2.13. The number of rotatable bonds is 7. The topological polar surface area (TPSA) is 56.8 Å². The Kier molecular flexibility index (Phi) is 6.76. The first kappa shape index (κ1) is 20.0. The summed E-state index contributed by atoms with van der Waals surface area (Å²) in [6, 6.07) is 20.2. The fourth-order valence-corrected chi connectivity index (χ4v) is 3.42. The van der Waals surface area contributed by atoms with E-state index in [4.69, 9.17) is 14.2 Å². The van der Waals surface area contributed by atoms with Gasteiger partial charge in [-0.05, 0) is 78.0 Å². The molecule has 3 aromatic rings. The molecule has 0 fully saturated rings. The Labute approximate surface area is 177 Å². The second-order valence-electron chi connectivity index (χ2n) is 5.82. The van der Waals surface area contributed by atoms with Crippen LogP contribution in [-0.4, -0.2) is 19.6 Å². The van der Waals surface area contributed by atoms with Crippen molar-refractivity contribution in [1.29, 1.82) is 0 Å². The zero-order valence-corrected chi connectivity index (χ0v) is 17.7. The van der Waals surface area contributed by atoms with Crippen molar-refractivity contribution in [2.75, 3.05) is 19.0 Å². The van der Waals surface area contributed by atoms with Crippen LogP contribution in [0.4, 0.5) is 5.69 Å². The number of anilines is 1. The highest BCUT2D eigenvalue weighted by Crippen LogP contribution is 2.34. The summed E-state index contributed by atoms with van der Waals surface area (Å²) in [4.78, 5) is 12.7. The minimum absolute atomic E-state index is 0.224. The van der Waals surface area contributed by atoms with Gasteiger partial charge < -0.3 is 19.5 Å². The highest BCUT2D eigenvalue weighted by molar-refractivity contribution is 14.1. The van der Waals surface area contributed by atoms with E-state index in [1.165, 1.54) is 0 Å². The van der Waals surface area contributed by atoms with Gasteiger partial charge in [0, 0.05) is 11.3 Å². The molecule has 0 bridgehead atoms. The zero-order valence-electron chi connectivity index (χ0n) is 15.6. The van der Waals surface area contributed by atoms with E-state index in [0.717, 1.165) is 9.32 Å². The molecule has 1 N–H and O–H groups in total. The van der Waals surface area contributed by atoms with Crippen LogP contribution in [0.5, 0.6) is 23.0 Å². The Hall–Kier alpha value is -2.74. The molecule has 0 saturated carbocycles. The molecule has 5 nitrogen and oxygen atoms in total. The number of benzene rings is 3. The van der Waals surface area contributed by atoms with E-state index in [1.807, 2.05) is 49.4 Å². The van der Waals surface area contributed by atoms with Crippen LogP contribution >= 0.6 is 22.6 Å². The van der Waals surface area contributed by atoms with Gasteiger partial charge in [-0.2, -0.15) is 0 Å². The van der Waals surface area contributed by atoms with Crippen molar-refractivity contribution in [3.05, 3.63) is 75.9 Å². The lowest BCUT2D eigenvalue weighted by Gasteiger charge is -2.13. The molecule has 3 aromatic carbocycles. The van der Waals surface area contributed by atoms with E-state index in [2.05, 4.69) is 27.9 Å². The molecule has 0 aliphatic rings. The van der Waals surface area contributed by atoms with Crippen molar-refractivity contribution in [2.24, 2.45) is 0 Å². The van der Waals surface area contributed by atoms with E-state index in [9.17, 15) is 4.79 Å². The molecule has 144 valence electrons. The number of nitrogens with one attached hydrogen (secondary N) is 1. The van der Waals surface area contributed by atoms with Crippen LogP contribution < -0.4 is 19.5 Å². The number of ether oxygens (including phenoxy) is 3. The standard InChI is InChI=1S/C22H20INO4/c1-3-27-20-14-15(13-19(23)21(20)26-2)22(25)24-16-9-11-18(12-10-16)28-17-7-5-4-6-8-17/h4-14H,3H2,1-2H3,(H,24,25). The second-order valence-corrected chi connectivity index (χ2v) is 6.98. The third kappa shape index (κ3) is 4.95. The number of para-hydroxylation sites is 1. The Morgan fingerprint density at radius 3 is 2.32 bits per heavy atom. The van der Waals surface area contributed by atoms with E-state index in [0.29, 0.717) is 35.1 Å². The van der Waals surface area contributed by atoms with Gasteiger partial charge in [-0.1, -0.05) is 18.2 Å². The number of amides is 1. The maximum absolute atomic E-state index is 12.7. The molecule has 3 rings (SSSR count). The smallest absolute Gasteiger partial charge is 0.255 e. The van der Waals surface area contributed by atoms with E-state index in [1.54, 1.807) is 31.4 Å². The minimum Gasteiger partial charge on any atom is -0.492 e. The van der Waals surface area contributed by atoms with Crippen LogP contribution in [0, 0.1) is 3.57 Å². The highest BCUT2D eigenvalue weighted by atomic mass is 127. The number of methoxy groups -OCH3 is 1. The van der Waals surface area contributed by atoms with Crippen LogP contribution in [0.15, 0.2) is 66.7 Å². The molecule has 28 heavy (non-hydrogen) atoms. The van der Waals surface area contributed by atoms with Gasteiger partial charge in [0.05, 0.1) is 17.3 Å². The Morgan fingerprint density at radius 2 is 1.68 bits per heavy atom. The van der Waals surface area contributed by atoms with Crippen LogP contribution in [0.3, 0.4) is 0 Å². The monoisotopic (exact) mass is 489 g/mol. The lowest BCUT2D eigenvalue weighted by molar-refractivity contribution is 0.102. The summed E-state index contributed by atoms with van der Waals surface area (Å²) in [7, 11) is 1.58. The van der Waals surface area contributed by atoms with E-state index >= 15 is 0 Å². The summed E-state index contributed by atoms with van der Waals surface area (Å²) in [6.07, 6.45) is 0. The SMILES string of the molecule is CCOc1cc(C(=O)Nc2ccc(Oc3ccccc3)cc2)cc(I)c1OC. The Morgan fingerprint density at radius 1 is 1.00 bits per heavy atom. The number of hydrogen-bond acceptors (Lipinski definition) is 4. The molecular formula is C22H20INO4. The lowest BCUT2D eigenvalue weighted by atomic mass is 10.1. The third-order valence-electron chi connectivity index (χ3n) is 3.87. The van der Waals surface area contributed by atoms with Gasteiger partial charge in [-0.25, -0.2) is 0 Å². The van der Waals surface area contributed by atoms with Crippen LogP contribution in [0.2, 0.25) is 0 Å².